The van der Waals surface area contributed by atoms with E-state index >= 15 is 0 Å². The molecule has 1 aliphatic heterocycles. The number of nitrogens with zero attached hydrogens (tertiary/aromatic N) is 2. The number of carbonyl (C=O) groups excluding carboxylic acids is 1. The van der Waals surface area contributed by atoms with Crippen LogP contribution in [0.15, 0.2) is 42.7 Å². The van der Waals surface area contributed by atoms with Crippen molar-refractivity contribution in [1.82, 2.24) is 9.88 Å². The maximum absolute atomic E-state index is 13.2. The number of pyridine rings is 1. The van der Waals surface area contributed by atoms with E-state index in [1.54, 1.807) is 12.1 Å². The fraction of sp³-hybridized carbons (Fsp3) is 0.400. The van der Waals surface area contributed by atoms with Crippen molar-refractivity contribution in [3.63, 3.8) is 0 Å². The average Bonchev–Trinajstić information content (AvgIpc) is 3.21. The summed E-state index contributed by atoms with van der Waals surface area (Å²) in [5, 5.41) is 0. The highest BCUT2D eigenvalue weighted by Crippen LogP contribution is 2.36. The first-order valence-electron chi connectivity index (χ1n) is 9.08. The highest BCUT2D eigenvalue weighted by Gasteiger charge is 2.37. The van der Waals surface area contributed by atoms with Crippen molar-refractivity contribution >= 4 is 5.91 Å². The number of carbonyl (C=O) groups is 1. The summed E-state index contributed by atoms with van der Waals surface area (Å²) in [6.07, 6.45) is -6.46. The second kappa shape index (κ2) is 8.63. The van der Waals surface area contributed by atoms with Gasteiger partial charge in [-0.1, -0.05) is 6.07 Å². The summed E-state index contributed by atoms with van der Waals surface area (Å²) in [6.45, 7) is 0.135. The molecule has 1 fully saturated rings. The summed E-state index contributed by atoms with van der Waals surface area (Å²) in [5.41, 5.74) is -2.48. The Morgan fingerprint density at radius 2 is 1.67 bits per heavy atom. The molecule has 30 heavy (non-hydrogen) atoms. The maximum Gasteiger partial charge on any atom is 0.416 e. The van der Waals surface area contributed by atoms with Crippen molar-refractivity contribution in [2.24, 2.45) is 5.92 Å². The normalized spacial score (nSPS) is 17.2. The van der Waals surface area contributed by atoms with Gasteiger partial charge in [0.25, 0.3) is 0 Å². The van der Waals surface area contributed by atoms with E-state index in [1.165, 1.54) is 17.3 Å². The molecule has 0 N–H and O–H groups in total. The molecule has 3 rings (SSSR count). The van der Waals surface area contributed by atoms with E-state index in [0.717, 1.165) is 0 Å². The van der Waals surface area contributed by atoms with E-state index in [9.17, 15) is 31.1 Å². The first-order valence-corrected chi connectivity index (χ1v) is 9.08. The Morgan fingerprint density at radius 1 is 1.03 bits per heavy atom. The highest BCUT2D eigenvalue weighted by atomic mass is 19.4. The van der Waals surface area contributed by atoms with Gasteiger partial charge in [0.05, 0.1) is 23.7 Å². The Hall–Kier alpha value is -2.62. The summed E-state index contributed by atoms with van der Waals surface area (Å²) < 4.78 is 84.1. The lowest BCUT2D eigenvalue weighted by atomic mass is 10.0. The lowest BCUT2D eigenvalue weighted by molar-refractivity contribution is -0.143. The number of ether oxygens (including phenoxy) is 1. The molecule has 162 valence electrons. The van der Waals surface area contributed by atoms with Crippen molar-refractivity contribution in [3.05, 3.63) is 65.0 Å². The molecule has 1 aliphatic rings. The third kappa shape index (κ3) is 5.50. The standard InChI is InChI=1S/C20H18F6N2O2/c21-19(22,23)16-6-14(7-17(8-16)20(24,25)26)11-28(10-13-2-1-4-27-9-13)18(29)15-3-5-30-12-15/h1-2,4,6-9,15H,3,5,10-12H2. The quantitative estimate of drug-likeness (QED) is 0.645. The van der Waals surface area contributed by atoms with Crippen LogP contribution < -0.4 is 0 Å². The van der Waals surface area contributed by atoms with Crippen molar-refractivity contribution in [2.45, 2.75) is 31.9 Å². The number of hydrogen-bond acceptors (Lipinski definition) is 3. The van der Waals surface area contributed by atoms with Gasteiger partial charge in [0, 0.05) is 32.1 Å². The van der Waals surface area contributed by atoms with Gasteiger partial charge >= 0.3 is 12.4 Å². The Labute approximate surface area is 168 Å². The predicted octanol–water partition coefficient (Wildman–Crippen LogP) is 4.68. The van der Waals surface area contributed by atoms with Crippen LogP contribution in [0.3, 0.4) is 0 Å². The first-order chi connectivity index (χ1) is 14.0. The molecule has 1 aromatic carbocycles. The van der Waals surface area contributed by atoms with Crippen molar-refractivity contribution in [2.75, 3.05) is 13.2 Å². The molecule has 0 saturated carbocycles. The Kier molecular flexibility index (Phi) is 6.35. The van der Waals surface area contributed by atoms with E-state index in [-0.39, 0.29) is 30.7 Å². The van der Waals surface area contributed by atoms with Crippen LogP contribution in [0.5, 0.6) is 0 Å². The van der Waals surface area contributed by atoms with Gasteiger partial charge in [-0.2, -0.15) is 26.3 Å². The fourth-order valence-corrected chi connectivity index (χ4v) is 3.24. The van der Waals surface area contributed by atoms with Gasteiger partial charge in [0.2, 0.25) is 5.91 Å². The topological polar surface area (TPSA) is 42.4 Å². The van der Waals surface area contributed by atoms with Crippen LogP contribution in [-0.2, 0) is 35.0 Å². The lowest BCUT2D eigenvalue weighted by Gasteiger charge is -2.26. The summed E-state index contributed by atoms with van der Waals surface area (Å²) in [6, 6.07) is 4.66. The van der Waals surface area contributed by atoms with Crippen molar-refractivity contribution < 1.29 is 35.9 Å². The molecule has 1 atom stereocenters. The maximum atomic E-state index is 13.2. The minimum atomic E-state index is -4.95. The van der Waals surface area contributed by atoms with E-state index < -0.39 is 35.9 Å². The van der Waals surface area contributed by atoms with Gasteiger partial charge in [0.15, 0.2) is 0 Å². The van der Waals surface area contributed by atoms with Crippen LogP contribution in [0, 0.1) is 5.92 Å². The van der Waals surface area contributed by atoms with Gasteiger partial charge in [0.1, 0.15) is 0 Å². The van der Waals surface area contributed by atoms with Crippen LogP contribution in [-0.4, -0.2) is 29.0 Å². The minimum absolute atomic E-state index is 0.000764. The highest BCUT2D eigenvalue weighted by molar-refractivity contribution is 5.79. The molecule has 1 amide bonds. The molecule has 1 saturated heterocycles. The third-order valence-electron chi connectivity index (χ3n) is 4.71. The molecule has 0 radical (unpaired) electrons. The molecule has 0 bridgehead atoms. The van der Waals surface area contributed by atoms with Gasteiger partial charge in [-0.15, -0.1) is 0 Å². The number of amides is 1. The number of hydrogen-bond donors (Lipinski definition) is 0. The largest absolute Gasteiger partial charge is 0.416 e. The zero-order valence-electron chi connectivity index (χ0n) is 15.6. The second-order valence-electron chi connectivity index (χ2n) is 7.03. The molecule has 1 aromatic heterocycles. The van der Waals surface area contributed by atoms with Crippen LogP contribution >= 0.6 is 0 Å². The molecule has 0 aliphatic carbocycles. The van der Waals surface area contributed by atoms with Gasteiger partial charge in [-0.05, 0) is 41.8 Å². The van der Waals surface area contributed by atoms with Crippen LogP contribution in [0.4, 0.5) is 26.3 Å². The molecule has 1 unspecified atom stereocenters. The zero-order chi connectivity index (χ0) is 21.9. The van der Waals surface area contributed by atoms with E-state index in [0.29, 0.717) is 30.7 Å². The first kappa shape index (κ1) is 22.1. The number of aromatic nitrogens is 1. The van der Waals surface area contributed by atoms with Crippen molar-refractivity contribution in [3.8, 4) is 0 Å². The molecular formula is C20H18F6N2O2. The summed E-state index contributed by atoms with van der Waals surface area (Å²) in [7, 11) is 0. The van der Waals surface area contributed by atoms with Crippen molar-refractivity contribution in [1.29, 1.82) is 0 Å². The van der Waals surface area contributed by atoms with Crippen LogP contribution in [0.25, 0.3) is 0 Å². The van der Waals surface area contributed by atoms with E-state index in [2.05, 4.69) is 4.98 Å². The Balaban J connectivity index is 1.95. The number of halogens is 6. The zero-order valence-corrected chi connectivity index (χ0v) is 15.6. The smallest absolute Gasteiger partial charge is 0.381 e. The molecule has 4 nitrogen and oxygen atoms in total. The minimum Gasteiger partial charge on any atom is -0.381 e. The van der Waals surface area contributed by atoms with E-state index in [4.69, 9.17) is 4.74 Å². The van der Waals surface area contributed by atoms with Gasteiger partial charge in [-0.3, -0.25) is 9.78 Å². The third-order valence-corrected chi connectivity index (χ3v) is 4.71. The Morgan fingerprint density at radius 3 is 2.17 bits per heavy atom. The number of benzene rings is 1. The second-order valence-corrected chi connectivity index (χ2v) is 7.03. The Bertz CT molecular complexity index is 845. The summed E-state index contributed by atoms with van der Waals surface area (Å²) in [5.74, 6) is -0.878. The van der Waals surface area contributed by atoms with Crippen LogP contribution in [0.2, 0.25) is 0 Å². The van der Waals surface area contributed by atoms with Gasteiger partial charge in [-0.25, -0.2) is 0 Å². The monoisotopic (exact) mass is 432 g/mol. The molecule has 2 heterocycles. The molecule has 0 spiro atoms. The lowest BCUT2D eigenvalue weighted by Crippen LogP contribution is -2.35. The summed E-state index contributed by atoms with van der Waals surface area (Å²) >= 11 is 0. The average molecular weight is 432 g/mol. The molecule has 10 heteroatoms. The summed E-state index contributed by atoms with van der Waals surface area (Å²) in [4.78, 5) is 18.1. The molecule has 2 aromatic rings. The fourth-order valence-electron chi connectivity index (χ4n) is 3.24. The van der Waals surface area contributed by atoms with Gasteiger partial charge < -0.3 is 9.64 Å². The van der Waals surface area contributed by atoms with E-state index in [1.807, 2.05) is 0 Å². The number of alkyl halides is 6. The number of rotatable bonds is 5. The molecular weight excluding hydrogens is 414 g/mol. The predicted molar refractivity (Wildman–Crippen MR) is 93.9 cm³/mol. The SMILES string of the molecule is O=C(C1CCOC1)N(Cc1cccnc1)Cc1cc(C(F)(F)F)cc(C(F)(F)F)c1. The van der Waals surface area contributed by atoms with Crippen LogP contribution in [0.1, 0.15) is 28.7 Å².